The molecule has 0 fully saturated rings. The number of hydrogen-bond acceptors (Lipinski definition) is 5. The van der Waals surface area contributed by atoms with E-state index >= 15 is 0 Å². The lowest BCUT2D eigenvalue weighted by Gasteiger charge is -2.08. The molecule has 26 heavy (non-hydrogen) atoms. The van der Waals surface area contributed by atoms with Crippen LogP contribution < -0.4 is 10.0 Å². The SMILES string of the molecule is Cc1nc2ccc(S(=O)(=O)NCC(=O)NCCc3ccccc3)cc2s1. The zero-order chi connectivity index (χ0) is 18.6. The number of fused-ring (bicyclic) bond motifs is 1. The van der Waals surface area contributed by atoms with Gasteiger partial charge in [-0.2, -0.15) is 0 Å². The lowest BCUT2D eigenvalue weighted by molar-refractivity contribution is -0.119. The average molecular weight is 390 g/mol. The molecule has 0 saturated carbocycles. The molecule has 0 radical (unpaired) electrons. The van der Waals surface area contributed by atoms with Crippen LogP contribution in [0.2, 0.25) is 0 Å². The van der Waals surface area contributed by atoms with Gasteiger partial charge in [-0.05, 0) is 37.1 Å². The number of thiazole rings is 1. The minimum Gasteiger partial charge on any atom is -0.355 e. The summed E-state index contributed by atoms with van der Waals surface area (Å²) in [4.78, 5) is 16.3. The molecule has 3 aromatic rings. The van der Waals surface area contributed by atoms with E-state index in [1.807, 2.05) is 37.3 Å². The number of nitrogens with zero attached hydrogens (tertiary/aromatic N) is 1. The number of hydrogen-bond donors (Lipinski definition) is 2. The van der Waals surface area contributed by atoms with Crippen LogP contribution in [0.5, 0.6) is 0 Å². The van der Waals surface area contributed by atoms with E-state index in [9.17, 15) is 13.2 Å². The molecule has 3 rings (SSSR count). The molecule has 0 aliphatic rings. The molecular weight excluding hydrogens is 370 g/mol. The minimum absolute atomic E-state index is 0.130. The summed E-state index contributed by atoms with van der Waals surface area (Å²) < 4.78 is 27.9. The normalized spacial score (nSPS) is 11.6. The van der Waals surface area contributed by atoms with Crippen LogP contribution in [0.15, 0.2) is 53.4 Å². The molecule has 2 aromatic carbocycles. The molecule has 6 nitrogen and oxygen atoms in total. The van der Waals surface area contributed by atoms with Crippen molar-refractivity contribution in [1.29, 1.82) is 0 Å². The van der Waals surface area contributed by atoms with E-state index in [1.165, 1.54) is 17.4 Å². The van der Waals surface area contributed by atoms with Gasteiger partial charge in [-0.15, -0.1) is 11.3 Å². The minimum atomic E-state index is -3.75. The summed E-state index contributed by atoms with van der Waals surface area (Å²) in [5, 5.41) is 3.59. The van der Waals surface area contributed by atoms with Gasteiger partial charge in [0.2, 0.25) is 15.9 Å². The fourth-order valence-corrected chi connectivity index (χ4v) is 4.43. The number of benzene rings is 2. The third kappa shape index (κ3) is 4.66. The van der Waals surface area contributed by atoms with Crippen LogP contribution in [0.3, 0.4) is 0 Å². The fraction of sp³-hybridized carbons (Fsp3) is 0.222. The molecule has 136 valence electrons. The lowest BCUT2D eigenvalue weighted by Crippen LogP contribution is -2.37. The number of aryl methyl sites for hydroxylation is 1. The summed E-state index contributed by atoms with van der Waals surface area (Å²) in [5.41, 5.74) is 1.88. The van der Waals surface area contributed by atoms with Crippen molar-refractivity contribution in [3.05, 3.63) is 59.1 Å². The molecule has 0 saturated heterocycles. The third-order valence-corrected chi connectivity index (χ3v) is 6.11. The molecule has 1 aromatic heterocycles. The summed E-state index contributed by atoms with van der Waals surface area (Å²) in [6.45, 7) is 2.03. The zero-order valence-corrected chi connectivity index (χ0v) is 15.9. The largest absolute Gasteiger partial charge is 0.355 e. The van der Waals surface area contributed by atoms with Crippen molar-refractivity contribution < 1.29 is 13.2 Å². The highest BCUT2D eigenvalue weighted by molar-refractivity contribution is 7.89. The van der Waals surface area contributed by atoms with Crippen LogP contribution in [-0.2, 0) is 21.2 Å². The molecule has 0 aliphatic heterocycles. The number of rotatable bonds is 7. The first-order valence-electron chi connectivity index (χ1n) is 8.11. The summed E-state index contributed by atoms with van der Waals surface area (Å²) in [5.74, 6) is -0.362. The van der Waals surface area contributed by atoms with Crippen LogP contribution in [-0.4, -0.2) is 32.4 Å². The smallest absolute Gasteiger partial charge is 0.241 e. The number of amides is 1. The van der Waals surface area contributed by atoms with Gasteiger partial charge in [0.05, 0.1) is 26.7 Å². The molecule has 0 aliphatic carbocycles. The second kappa shape index (κ2) is 7.94. The Morgan fingerprint density at radius 1 is 1.15 bits per heavy atom. The molecule has 0 atom stereocenters. The predicted molar refractivity (Wildman–Crippen MR) is 103 cm³/mol. The van der Waals surface area contributed by atoms with Gasteiger partial charge in [-0.3, -0.25) is 4.79 Å². The molecule has 1 heterocycles. The standard InChI is InChI=1S/C18H19N3O3S2/c1-13-21-16-8-7-15(11-17(16)25-13)26(23,24)20-12-18(22)19-10-9-14-5-3-2-4-6-14/h2-8,11,20H,9-10,12H2,1H3,(H,19,22). The van der Waals surface area contributed by atoms with E-state index in [0.29, 0.717) is 13.0 Å². The Hall–Kier alpha value is -2.29. The topological polar surface area (TPSA) is 88.2 Å². The van der Waals surface area contributed by atoms with Gasteiger partial charge in [-0.25, -0.2) is 18.1 Å². The molecule has 1 amide bonds. The molecule has 2 N–H and O–H groups in total. The summed E-state index contributed by atoms with van der Waals surface area (Å²) in [6.07, 6.45) is 0.695. The second-order valence-electron chi connectivity index (χ2n) is 5.77. The van der Waals surface area contributed by atoms with E-state index in [4.69, 9.17) is 0 Å². The highest BCUT2D eigenvalue weighted by atomic mass is 32.2. The maximum absolute atomic E-state index is 12.4. The predicted octanol–water partition coefficient (Wildman–Crippen LogP) is 2.24. The maximum Gasteiger partial charge on any atom is 0.241 e. The van der Waals surface area contributed by atoms with Gasteiger partial charge in [0.25, 0.3) is 0 Å². The number of sulfonamides is 1. The Morgan fingerprint density at radius 2 is 1.92 bits per heavy atom. The van der Waals surface area contributed by atoms with Crippen LogP contribution in [0.25, 0.3) is 10.2 Å². The Kier molecular flexibility index (Phi) is 5.65. The Balaban J connectivity index is 1.54. The van der Waals surface area contributed by atoms with Crippen LogP contribution in [0.4, 0.5) is 0 Å². The summed E-state index contributed by atoms with van der Waals surface area (Å²) >= 11 is 1.43. The fourth-order valence-electron chi connectivity index (χ4n) is 2.48. The van der Waals surface area contributed by atoms with E-state index < -0.39 is 10.0 Å². The van der Waals surface area contributed by atoms with Gasteiger partial charge in [-0.1, -0.05) is 30.3 Å². The average Bonchev–Trinajstić information content (AvgIpc) is 3.00. The van der Waals surface area contributed by atoms with Crippen molar-refractivity contribution in [2.75, 3.05) is 13.1 Å². The van der Waals surface area contributed by atoms with Gasteiger partial charge in [0.15, 0.2) is 0 Å². The number of aromatic nitrogens is 1. The highest BCUT2D eigenvalue weighted by Gasteiger charge is 2.16. The van der Waals surface area contributed by atoms with E-state index in [1.54, 1.807) is 12.1 Å². The first kappa shape index (κ1) is 18.5. The Morgan fingerprint density at radius 3 is 2.69 bits per heavy atom. The summed E-state index contributed by atoms with van der Waals surface area (Å²) in [7, 11) is -3.75. The van der Waals surface area contributed by atoms with Crippen molar-refractivity contribution in [1.82, 2.24) is 15.0 Å². The number of carbonyl (C=O) groups is 1. The van der Waals surface area contributed by atoms with Crippen molar-refractivity contribution in [3.63, 3.8) is 0 Å². The number of nitrogens with one attached hydrogen (secondary N) is 2. The van der Waals surface area contributed by atoms with Crippen molar-refractivity contribution in [3.8, 4) is 0 Å². The van der Waals surface area contributed by atoms with Crippen molar-refractivity contribution in [2.45, 2.75) is 18.2 Å². The number of carbonyl (C=O) groups excluding carboxylic acids is 1. The first-order valence-corrected chi connectivity index (χ1v) is 10.4. The van der Waals surface area contributed by atoms with E-state index in [2.05, 4.69) is 15.0 Å². The van der Waals surface area contributed by atoms with E-state index in [-0.39, 0.29) is 17.3 Å². The van der Waals surface area contributed by atoms with Crippen LogP contribution >= 0.6 is 11.3 Å². The Bertz CT molecular complexity index is 1010. The monoisotopic (exact) mass is 389 g/mol. The van der Waals surface area contributed by atoms with Crippen molar-refractivity contribution >= 4 is 37.5 Å². The highest BCUT2D eigenvalue weighted by Crippen LogP contribution is 2.24. The van der Waals surface area contributed by atoms with Gasteiger partial charge in [0.1, 0.15) is 0 Å². The van der Waals surface area contributed by atoms with Gasteiger partial charge >= 0.3 is 0 Å². The van der Waals surface area contributed by atoms with Crippen molar-refractivity contribution in [2.24, 2.45) is 0 Å². The third-order valence-electron chi connectivity index (χ3n) is 3.78. The zero-order valence-electron chi connectivity index (χ0n) is 14.2. The second-order valence-corrected chi connectivity index (χ2v) is 8.77. The Labute approximate surface area is 156 Å². The molecule has 0 unspecified atom stereocenters. The first-order chi connectivity index (χ1) is 12.4. The quantitative estimate of drug-likeness (QED) is 0.649. The molecular formula is C18H19N3O3S2. The molecule has 8 heteroatoms. The summed E-state index contributed by atoms with van der Waals surface area (Å²) in [6, 6.07) is 14.5. The van der Waals surface area contributed by atoms with Gasteiger partial charge < -0.3 is 5.32 Å². The van der Waals surface area contributed by atoms with Gasteiger partial charge in [0, 0.05) is 6.54 Å². The van der Waals surface area contributed by atoms with E-state index in [0.717, 1.165) is 20.8 Å². The van der Waals surface area contributed by atoms with Crippen LogP contribution in [0.1, 0.15) is 10.6 Å². The van der Waals surface area contributed by atoms with Crippen LogP contribution in [0, 0.1) is 6.92 Å². The molecule has 0 bridgehead atoms. The molecule has 0 spiro atoms. The maximum atomic E-state index is 12.4. The lowest BCUT2D eigenvalue weighted by atomic mass is 10.1.